The van der Waals surface area contributed by atoms with Gasteiger partial charge in [-0.2, -0.15) is 0 Å². The maximum atomic E-state index is 11.8. The molecule has 0 bridgehead atoms. The largest absolute Gasteiger partial charge is 0.456 e. The minimum Gasteiger partial charge on any atom is -0.456 e. The SMILES string of the molecule is C=C(C)C(=O)OC(C)(C)C[Si](C)(O[Si](C)(C)C)O[Si](C)(C)C. The van der Waals surface area contributed by atoms with Crippen molar-refractivity contribution in [3.63, 3.8) is 0 Å². The second-order valence-corrected chi connectivity index (χ2v) is 21.4. The molecule has 0 saturated heterocycles. The van der Waals surface area contributed by atoms with Crippen molar-refractivity contribution in [2.24, 2.45) is 0 Å². The van der Waals surface area contributed by atoms with Gasteiger partial charge in [-0.15, -0.1) is 0 Å². The summed E-state index contributed by atoms with van der Waals surface area (Å²) in [4.78, 5) is 11.8. The van der Waals surface area contributed by atoms with Crippen LogP contribution in [0.15, 0.2) is 12.2 Å². The first-order chi connectivity index (χ1) is 9.45. The van der Waals surface area contributed by atoms with Crippen LogP contribution in [0, 0.1) is 0 Å². The third-order valence-corrected chi connectivity index (χ3v) is 12.4. The van der Waals surface area contributed by atoms with E-state index in [0.717, 1.165) is 0 Å². The topological polar surface area (TPSA) is 44.8 Å². The molecule has 0 aromatic heterocycles. The second kappa shape index (κ2) is 7.13. The quantitative estimate of drug-likeness (QED) is 0.358. The molecule has 0 radical (unpaired) electrons. The van der Waals surface area contributed by atoms with E-state index in [2.05, 4.69) is 52.4 Å². The van der Waals surface area contributed by atoms with Gasteiger partial charge >= 0.3 is 14.5 Å². The molecule has 0 aliphatic carbocycles. The molecule has 0 saturated carbocycles. The molecule has 0 aliphatic heterocycles. The van der Waals surface area contributed by atoms with E-state index in [1.165, 1.54) is 0 Å². The van der Waals surface area contributed by atoms with E-state index in [4.69, 9.17) is 13.0 Å². The van der Waals surface area contributed by atoms with Crippen LogP contribution < -0.4 is 0 Å². The van der Waals surface area contributed by atoms with Gasteiger partial charge in [-0.05, 0) is 66.6 Å². The van der Waals surface area contributed by atoms with E-state index >= 15 is 0 Å². The highest BCUT2D eigenvalue weighted by atomic mass is 28.5. The minimum absolute atomic E-state index is 0.359. The van der Waals surface area contributed by atoms with Gasteiger partial charge in [0.25, 0.3) is 0 Å². The molecule has 22 heavy (non-hydrogen) atoms. The molecule has 0 atom stereocenters. The van der Waals surface area contributed by atoms with Crippen molar-refractivity contribution in [3.8, 4) is 0 Å². The summed E-state index contributed by atoms with van der Waals surface area (Å²) in [7, 11) is -5.95. The second-order valence-electron chi connectivity index (χ2n) is 8.67. The normalized spacial score (nSPS) is 13.9. The van der Waals surface area contributed by atoms with Gasteiger partial charge < -0.3 is 13.0 Å². The maximum Gasteiger partial charge on any atom is 0.333 e. The Morgan fingerprint density at radius 2 is 1.32 bits per heavy atom. The van der Waals surface area contributed by atoms with Crippen LogP contribution >= 0.6 is 0 Å². The average Bonchev–Trinajstić information content (AvgIpc) is 2.06. The summed E-state index contributed by atoms with van der Waals surface area (Å²) in [5.41, 5.74) is -0.218. The van der Waals surface area contributed by atoms with Gasteiger partial charge in [0.2, 0.25) is 0 Å². The fourth-order valence-electron chi connectivity index (χ4n) is 2.54. The van der Waals surface area contributed by atoms with Crippen LogP contribution in [-0.2, 0) is 17.8 Å². The lowest BCUT2D eigenvalue weighted by Crippen LogP contribution is -2.55. The molecule has 0 unspecified atom stereocenters. The molecule has 0 N–H and O–H groups in total. The fourth-order valence-corrected chi connectivity index (χ4v) is 15.6. The Morgan fingerprint density at radius 1 is 0.955 bits per heavy atom. The Balaban J connectivity index is 5.27. The van der Waals surface area contributed by atoms with Gasteiger partial charge in [0, 0.05) is 11.6 Å². The minimum atomic E-state index is -2.44. The van der Waals surface area contributed by atoms with Gasteiger partial charge in [-0.3, -0.25) is 0 Å². The summed E-state index contributed by atoms with van der Waals surface area (Å²) in [5.74, 6) is -0.359. The van der Waals surface area contributed by atoms with Gasteiger partial charge in [-0.25, -0.2) is 4.79 Å². The van der Waals surface area contributed by atoms with Gasteiger partial charge in [0.05, 0.1) is 0 Å². The fraction of sp³-hybridized carbons (Fsp3) is 0.800. The van der Waals surface area contributed by atoms with Crippen LogP contribution in [0.1, 0.15) is 20.8 Å². The summed E-state index contributed by atoms with van der Waals surface area (Å²) in [5, 5.41) is 0. The summed E-state index contributed by atoms with van der Waals surface area (Å²) < 4.78 is 18.5. The molecule has 0 aromatic carbocycles. The number of hydrogen-bond donors (Lipinski definition) is 0. The zero-order valence-electron chi connectivity index (χ0n) is 16.0. The number of esters is 1. The Bertz CT molecular complexity index is 403. The highest BCUT2D eigenvalue weighted by molar-refractivity contribution is 6.87. The molecule has 0 spiro atoms. The standard InChI is InChI=1S/C15H34O4Si3/c1-13(2)14(16)17-15(3,4)12-22(11,18-20(5,6)7)19-21(8,9)10/h1,12H2,2-11H3. The highest BCUT2D eigenvalue weighted by Crippen LogP contribution is 2.31. The number of carbonyl (C=O) groups excluding carboxylic acids is 1. The van der Waals surface area contributed by atoms with Crippen molar-refractivity contribution >= 4 is 31.2 Å². The van der Waals surface area contributed by atoms with E-state index in [1.807, 2.05) is 13.8 Å². The molecule has 0 aliphatic rings. The summed E-state index contributed by atoms with van der Waals surface area (Å²) >= 11 is 0. The molecule has 0 fully saturated rings. The van der Waals surface area contributed by atoms with Crippen molar-refractivity contribution in [2.75, 3.05) is 0 Å². The van der Waals surface area contributed by atoms with E-state index < -0.39 is 30.8 Å². The molecule has 0 aromatic rings. The third-order valence-electron chi connectivity index (χ3n) is 2.51. The molecule has 0 amide bonds. The predicted octanol–water partition coefficient (Wildman–Crippen LogP) is 4.66. The Kier molecular flexibility index (Phi) is 7.05. The van der Waals surface area contributed by atoms with Crippen LogP contribution in [0.25, 0.3) is 0 Å². The van der Waals surface area contributed by atoms with Crippen molar-refractivity contribution in [1.82, 2.24) is 0 Å². The summed E-state index contributed by atoms with van der Waals surface area (Å²) in [6, 6.07) is 0.619. The molecular weight excluding hydrogens is 328 g/mol. The van der Waals surface area contributed by atoms with E-state index in [1.54, 1.807) is 6.92 Å². The number of carbonyl (C=O) groups is 1. The number of rotatable bonds is 8. The van der Waals surface area contributed by atoms with Crippen LogP contribution in [0.2, 0.25) is 51.9 Å². The molecule has 0 heterocycles. The average molecular weight is 363 g/mol. The molecule has 0 rings (SSSR count). The predicted molar refractivity (Wildman–Crippen MR) is 100 cm³/mol. The van der Waals surface area contributed by atoms with Crippen molar-refractivity contribution in [1.29, 1.82) is 0 Å². The third kappa shape index (κ3) is 9.73. The lowest BCUT2D eigenvalue weighted by molar-refractivity contribution is -0.150. The first kappa shape index (κ1) is 21.8. The zero-order valence-corrected chi connectivity index (χ0v) is 19.0. The van der Waals surface area contributed by atoms with Crippen molar-refractivity contribution in [2.45, 2.75) is 78.2 Å². The van der Waals surface area contributed by atoms with E-state index in [0.29, 0.717) is 11.6 Å². The first-order valence-electron chi connectivity index (χ1n) is 7.74. The van der Waals surface area contributed by atoms with Crippen LogP contribution in [0.4, 0.5) is 0 Å². The lowest BCUT2D eigenvalue weighted by atomic mass is 10.2. The van der Waals surface area contributed by atoms with E-state index in [9.17, 15) is 4.79 Å². The van der Waals surface area contributed by atoms with Gasteiger partial charge in [0.1, 0.15) is 5.60 Å². The molecule has 4 nitrogen and oxygen atoms in total. The van der Waals surface area contributed by atoms with Crippen LogP contribution in [0.5, 0.6) is 0 Å². The highest BCUT2D eigenvalue weighted by Gasteiger charge is 2.45. The molecule has 130 valence electrons. The number of hydrogen-bond acceptors (Lipinski definition) is 4. The Morgan fingerprint density at radius 3 is 1.59 bits per heavy atom. The first-order valence-corrected chi connectivity index (χ1v) is 17.1. The lowest BCUT2D eigenvalue weighted by Gasteiger charge is -2.42. The van der Waals surface area contributed by atoms with Crippen molar-refractivity contribution in [3.05, 3.63) is 12.2 Å². The monoisotopic (exact) mass is 362 g/mol. The van der Waals surface area contributed by atoms with Gasteiger partial charge in [0.15, 0.2) is 16.6 Å². The Hall–Kier alpha value is -0.219. The van der Waals surface area contributed by atoms with Crippen LogP contribution in [-0.4, -0.2) is 36.8 Å². The summed E-state index contributed by atoms with van der Waals surface area (Å²) in [6.45, 7) is 24.2. The smallest absolute Gasteiger partial charge is 0.333 e. The maximum absolute atomic E-state index is 11.8. The molecule has 7 heteroatoms. The van der Waals surface area contributed by atoms with Crippen LogP contribution in [0.3, 0.4) is 0 Å². The van der Waals surface area contributed by atoms with E-state index in [-0.39, 0.29) is 5.97 Å². The molecular formula is C15H34O4Si3. The van der Waals surface area contributed by atoms with Gasteiger partial charge in [-0.1, -0.05) is 6.58 Å². The Labute approximate surface area is 139 Å². The zero-order chi connectivity index (χ0) is 18.0. The number of ether oxygens (including phenoxy) is 1. The summed E-state index contributed by atoms with van der Waals surface area (Å²) in [6.07, 6.45) is 0. The van der Waals surface area contributed by atoms with Crippen molar-refractivity contribution < 1.29 is 17.8 Å².